The summed E-state index contributed by atoms with van der Waals surface area (Å²) in [6.07, 6.45) is 6.87. The van der Waals surface area contributed by atoms with E-state index in [0.717, 1.165) is 19.3 Å². The van der Waals surface area contributed by atoms with E-state index in [2.05, 4.69) is 13.8 Å². The first-order valence-corrected chi connectivity index (χ1v) is 8.13. The molecule has 21 heavy (non-hydrogen) atoms. The molecule has 118 valence electrons. The fourth-order valence-electron chi connectivity index (χ4n) is 6.46. The number of carbonyl (C=O) groups is 2. The Kier molecular flexibility index (Phi) is 3.16. The Labute approximate surface area is 126 Å². The van der Waals surface area contributed by atoms with Crippen LogP contribution < -0.4 is 0 Å². The number of carbonyl (C=O) groups excluding carboxylic acids is 1. The predicted octanol–water partition coefficient (Wildman–Crippen LogP) is 2.92. The van der Waals surface area contributed by atoms with Gasteiger partial charge >= 0.3 is 5.97 Å². The van der Waals surface area contributed by atoms with Gasteiger partial charge in [-0.3, -0.25) is 9.59 Å². The van der Waals surface area contributed by atoms with Crippen molar-refractivity contribution in [2.45, 2.75) is 58.8 Å². The topological polar surface area (TPSA) is 57.6 Å². The molecular weight excluding hydrogens is 266 g/mol. The van der Waals surface area contributed by atoms with Gasteiger partial charge in [0.2, 0.25) is 5.91 Å². The van der Waals surface area contributed by atoms with Crippen LogP contribution >= 0.6 is 0 Å². The highest BCUT2D eigenvalue weighted by Gasteiger charge is 2.63. The molecule has 4 saturated carbocycles. The van der Waals surface area contributed by atoms with Crippen LogP contribution in [0.4, 0.5) is 0 Å². The standard InChI is InChI=1S/C17H27NO3/c1-15-6-12-7-16(2,9-15)11-17(8-12,10-15)14(21)18(3)5-4-13(19)20/h12H,4-11H2,1-3H3,(H,19,20). The molecule has 1 amide bonds. The zero-order valence-corrected chi connectivity index (χ0v) is 13.4. The van der Waals surface area contributed by atoms with Crippen molar-refractivity contribution in [3.05, 3.63) is 0 Å². The normalized spacial score (nSPS) is 43.9. The number of aliphatic carboxylic acids is 1. The Bertz CT molecular complexity index is 468. The van der Waals surface area contributed by atoms with Gasteiger partial charge in [0.1, 0.15) is 0 Å². The summed E-state index contributed by atoms with van der Waals surface area (Å²) in [6.45, 7) is 5.04. The van der Waals surface area contributed by atoms with Crippen molar-refractivity contribution in [3.8, 4) is 0 Å². The van der Waals surface area contributed by atoms with Crippen molar-refractivity contribution in [1.29, 1.82) is 0 Å². The summed E-state index contributed by atoms with van der Waals surface area (Å²) >= 11 is 0. The summed E-state index contributed by atoms with van der Waals surface area (Å²) in [5, 5.41) is 8.82. The van der Waals surface area contributed by atoms with E-state index in [0.29, 0.717) is 23.3 Å². The van der Waals surface area contributed by atoms with Gasteiger partial charge in [-0.15, -0.1) is 0 Å². The van der Waals surface area contributed by atoms with Crippen molar-refractivity contribution in [2.75, 3.05) is 13.6 Å². The molecule has 0 aromatic rings. The van der Waals surface area contributed by atoms with Gasteiger partial charge in [-0.05, 0) is 55.3 Å². The Morgan fingerprint density at radius 3 is 2.14 bits per heavy atom. The molecule has 0 aromatic carbocycles. The van der Waals surface area contributed by atoms with Gasteiger partial charge < -0.3 is 10.0 Å². The number of hydrogen-bond donors (Lipinski definition) is 1. The number of nitrogens with zero attached hydrogens (tertiary/aromatic N) is 1. The molecule has 4 aliphatic carbocycles. The first kappa shape index (κ1) is 14.9. The highest BCUT2D eigenvalue weighted by atomic mass is 16.4. The maximum atomic E-state index is 13.0. The van der Waals surface area contributed by atoms with E-state index in [-0.39, 0.29) is 17.7 Å². The lowest BCUT2D eigenvalue weighted by Crippen LogP contribution is -2.60. The molecule has 4 rings (SSSR count). The molecule has 0 heterocycles. The zero-order valence-electron chi connectivity index (χ0n) is 13.4. The lowest BCUT2D eigenvalue weighted by atomic mass is 9.40. The number of amides is 1. The molecule has 1 N–H and O–H groups in total. The number of hydrogen-bond acceptors (Lipinski definition) is 2. The first-order valence-electron chi connectivity index (χ1n) is 8.13. The lowest BCUT2D eigenvalue weighted by molar-refractivity contribution is -0.178. The minimum absolute atomic E-state index is 0.0380. The van der Waals surface area contributed by atoms with Crippen LogP contribution in [-0.4, -0.2) is 35.5 Å². The van der Waals surface area contributed by atoms with Crippen molar-refractivity contribution >= 4 is 11.9 Å². The molecule has 0 aromatic heterocycles. The van der Waals surface area contributed by atoms with Crippen LogP contribution in [0.3, 0.4) is 0 Å². The maximum Gasteiger partial charge on any atom is 0.305 e. The van der Waals surface area contributed by atoms with E-state index >= 15 is 0 Å². The van der Waals surface area contributed by atoms with Gasteiger partial charge in [-0.2, -0.15) is 0 Å². The minimum atomic E-state index is -0.834. The second kappa shape index (κ2) is 4.47. The Hall–Kier alpha value is -1.06. The van der Waals surface area contributed by atoms with Gasteiger partial charge in [0, 0.05) is 13.6 Å². The molecule has 4 bridgehead atoms. The van der Waals surface area contributed by atoms with Gasteiger partial charge in [-0.1, -0.05) is 13.8 Å². The molecule has 4 nitrogen and oxygen atoms in total. The van der Waals surface area contributed by atoms with Crippen LogP contribution in [0.2, 0.25) is 0 Å². The SMILES string of the molecule is CN(CCC(=O)O)C(=O)C12CC3CC(C)(CC(C)(C3)C1)C2. The highest BCUT2D eigenvalue weighted by molar-refractivity contribution is 5.83. The minimum Gasteiger partial charge on any atom is -0.481 e. The number of carboxylic acid groups (broad SMARTS) is 1. The third-order valence-electron chi connectivity index (χ3n) is 6.09. The second-order valence-electron chi connectivity index (χ2n) is 8.78. The first-order chi connectivity index (χ1) is 9.65. The summed E-state index contributed by atoms with van der Waals surface area (Å²) in [7, 11) is 1.77. The van der Waals surface area contributed by atoms with E-state index in [1.165, 1.54) is 19.3 Å². The van der Waals surface area contributed by atoms with E-state index in [1.807, 2.05) is 0 Å². The Morgan fingerprint density at radius 1 is 1.10 bits per heavy atom. The molecule has 0 radical (unpaired) electrons. The van der Waals surface area contributed by atoms with E-state index in [1.54, 1.807) is 11.9 Å². The third-order valence-corrected chi connectivity index (χ3v) is 6.09. The largest absolute Gasteiger partial charge is 0.481 e. The quantitative estimate of drug-likeness (QED) is 0.867. The molecule has 4 heteroatoms. The summed E-state index contributed by atoms with van der Waals surface area (Å²) in [6, 6.07) is 0. The van der Waals surface area contributed by atoms with Crippen molar-refractivity contribution < 1.29 is 14.7 Å². The zero-order chi connectivity index (χ0) is 15.5. The molecular formula is C17H27NO3. The fourth-order valence-corrected chi connectivity index (χ4v) is 6.46. The molecule has 0 spiro atoms. The van der Waals surface area contributed by atoms with Crippen LogP contribution in [0.25, 0.3) is 0 Å². The summed E-state index contributed by atoms with van der Waals surface area (Å²) in [4.78, 5) is 25.4. The van der Waals surface area contributed by atoms with Crippen LogP contribution in [-0.2, 0) is 9.59 Å². The van der Waals surface area contributed by atoms with Crippen LogP contribution in [0, 0.1) is 22.2 Å². The molecule has 0 aliphatic heterocycles. The van der Waals surface area contributed by atoms with Crippen LogP contribution in [0.5, 0.6) is 0 Å². The third kappa shape index (κ3) is 2.47. The van der Waals surface area contributed by atoms with E-state index < -0.39 is 5.97 Å². The summed E-state index contributed by atoms with van der Waals surface area (Å²) < 4.78 is 0. The molecule has 2 unspecified atom stereocenters. The number of rotatable bonds is 4. The van der Waals surface area contributed by atoms with Crippen molar-refractivity contribution in [1.82, 2.24) is 4.90 Å². The Morgan fingerprint density at radius 2 is 1.67 bits per heavy atom. The molecule has 4 fully saturated rings. The van der Waals surface area contributed by atoms with E-state index in [4.69, 9.17) is 5.11 Å². The monoisotopic (exact) mass is 293 g/mol. The van der Waals surface area contributed by atoms with Gasteiger partial charge in [0.25, 0.3) is 0 Å². The summed E-state index contributed by atoms with van der Waals surface area (Å²) in [5.41, 5.74) is 0.422. The van der Waals surface area contributed by atoms with Crippen molar-refractivity contribution in [2.24, 2.45) is 22.2 Å². The lowest BCUT2D eigenvalue weighted by Gasteiger charge is -2.65. The van der Waals surface area contributed by atoms with Gasteiger partial charge in [0.15, 0.2) is 0 Å². The fraction of sp³-hybridized carbons (Fsp3) is 0.882. The van der Waals surface area contributed by atoms with Crippen LogP contribution in [0.1, 0.15) is 58.8 Å². The highest BCUT2D eigenvalue weighted by Crippen LogP contribution is 2.69. The average molecular weight is 293 g/mol. The smallest absolute Gasteiger partial charge is 0.305 e. The molecule has 2 atom stereocenters. The van der Waals surface area contributed by atoms with Gasteiger partial charge in [0.05, 0.1) is 11.8 Å². The number of carboxylic acids is 1. The second-order valence-corrected chi connectivity index (χ2v) is 8.78. The maximum absolute atomic E-state index is 13.0. The van der Waals surface area contributed by atoms with Crippen molar-refractivity contribution in [3.63, 3.8) is 0 Å². The Balaban J connectivity index is 1.81. The van der Waals surface area contributed by atoms with Gasteiger partial charge in [-0.25, -0.2) is 0 Å². The molecule has 0 saturated heterocycles. The predicted molar refractivity (Wildman–Crippen MR) is 79.7 cm³/mol. The van der Waals surface area contributed by atoms with Crippen LogP contribution in [0.15, 0.2) is 0 Å². The van der Waals surface area contributed by atoms with E-state index in [9.17, 15) is 9.59 Å². The average Bonchev–Trinajstić information content (AvgIpc) is 2.30. The molecule has 4 aliphatic rings. The summed E-state index contributed by atoms with van der Waals surface area (Å²) in [5.74, 6) is 0.0532.